The zero-order chi connectivity index (χ0) is 29.0. The summed E-state index contributed by atoms with van der Waals surface area (Å²) in [5, 5.41) is 15.8. The number of carbonyl (C=O) groups excluding carboxylic acids is 2. The van der Waals surface area contributed by atoms with Crippen LogP contribution in [0.5, 0.6) is 0 Å². The van der Waals surface area contributed by atoms with E-state index in [0.29, 0.717) is 18.5 Å². The molecule has 17 heteroatoms. The van der Waals surface area contributed by atoms with Crippen LogP contribution in [0.25, 0.3) is 0 Å². The number of esters is 2. The molecule has 1 atom stereocenters. The summed E-state index contributed by atoms with van der Waals surface area (Å²) in [6.07, 6.45) is -8.04. The Labute approximate surface area is 220 Å². The van der Waals surface area contributed by atoms with Crippen molar-refractivity contribution in [3.8, 4) is 12.1 Å². The third-order valence-electron chi connectivity index (χ3n) is 3.61. The minimum atomic E-state index is -4.59. The molecule has 8 nitrogen and oxygen atoms in total. The van der Waals surface area contributed by atoms with Crippen molar-refractivity contribution in [2.24, 2.45) is 0 Å². The number of nitriles is 2. The number of ether oxygens (including phenoxy) is 2. The monoisotopic (exact) mass is 592 g/mol. The largest absolute Gasteiger partial charge is 0.468 e. The molecule has 0 radical (unpaired) electrons. The van der Waals surface area contributed by atoms with Gasteiger partial charge in [0.25, 0.3) is 0 Å². The number of methoxy groups -OCH3 is 2. The first-order valence-electron chi connectivity index (χ1n) is 9.05. The molecule has 0 amide bonds. The Hall–Kier alpha value is -3.33. The van der Waals surface area contributed by atoms with E-state index < -0.39 is 46.4 Å². The van der Waals surface area contributed by atoms with E-state index in [1.54, 1.807) is 12.1 Å². The second-order valence-corrected chi connectivity index (χ2v) is 7.25. The number of hydrogen-bond acceptors (Lipinski definition) is 8. The van der Waals surface area contributed by atoms with Crippen LogP contribution >= 0.6 is 34.8 Å². The number of halogens is 9. The summed E-state index contributed by atoms with van der Waals surface area (Å²) >= 11 is 16.2. The van der Waals surface area contributed by atoms with Crippen LogP contribution < -0.4 is 0 Å². The first-order chi connectivity index (χ1) is 17.0. The SMILES string of the molecule is COC(=O)C(C#N)c1ncc(C(F)(F)F)cc1Cl.COC(=O)CC#N.FC(F)(F)c1cnc(Cl)c(Cl)c1. The Morgan fingerprint density at radius 1 is 0.919 bits per heavy atom. The molecule has 0 aliphatic rings. The van der Waals surface area contributed by atoms with E-state index in [9.17, 15) is 35.9 Å². The Morgan fingerprint density at radius 2 is 1.41 bits per heavy atom. The van der Waals surface area contributed by atoms with Gasteiger partial charge in [-0.1, -0.05) is 34.8 Å². The van der Waals surface area contributed by atoms with Crippen molar-refractivity contribution in [1.29, 1.82) is 10.5 Å². The Bertz CT molecular complexity index is 1180. The zero-order valence-corrected chi connectivity index (χ0v) is 20.7. The smallest absolute Gasteiger partial charge is 0.417 e. The molecule has 2 rings (SSSR count). The molecule has 0 aliphatic carbocycles. The van der Waals surface area contributed by atoms with Crippen LogP contribution in [0.2, 0.25) is 15.2 Å². The average molecular weight is 594 g/mol. The van der Waals surface area contributed by atoms with Crippen LogP contribution in [-0.2, 0) is 31.4 Å². The molecule has 2 aromatic rings. The van der Waals surface area contributed by atoms with E-state index >= 15 is 0 Å². The molecule has 0 N–H and O–H groups in total. The lowest BCUT2D eigenvalue weighted by molar-refractivity contribution is -0.141. The van der Waals surface area contributed by atoms with E-state index in [1.807, 2.05) is 0 Å². The number of rotatable bonds is 3. The standard InChI is InChI=1S/C10H6ClF3N2O2.C6H2Cl2F3N.C4H5NO2/c1-18-9(17)6(3-15)8-7(11)2-5(4-16-8)10(12,13)14;7-4-1-3(6(9,10)11)2-12-5(4)8;1-7-4(6)2-3-5/h2,4,6H,1H3;1-2H;2H2,1H3. The average Bonchev–Trinajstić information content (AvgIpc) is 2.81. The maximum absolute atomic E-state index is 12.4. The van der Waals surface area contributed by atoms with Gasteiger partial charge in [0.05, 0.1) is 53.2 Å². The summed E-state index contributed by atoms with van der Waals surface area (Å²) in [4.78, 5) is 27.8. The van der Waals surface area contributed by atoms with Crippen molar-refractivity contribution in [3.05, 3.63) is 56.5 Å². The molecule has 0 saturated carbocycles. The fourth-order valence-corrected chi connectivity index (χ4v) is 2.42. The number of aromatic nitrogens is 2. The molecule has 37 heavy (non-hydrogen) atoms. The highest BCUT2D eigenvalue weighted by atomic mass is 35.5. The van der Waals surface area contributed by atoms with E-state index in [2.05, 4.69) is 19.4 Å². The van der Waals surface area contributed by atoms with Gasteiger partial charge in [0.15, 0.2) is 5.92 Å². The predicted molar refractivity (Wildman–Crippen MR) is 116 cm³/mol. The van der Waals surface area contributed by atoms with Gasteiger partial charge < -0.3 is 9.47 Å². The fraction of sp³-hybridized carbons (Fsp3) is 0.300. The summed E-state index contributed by atoms with van der Waals surface area (Å²) in [5.41, 5.74) is -2.23. The van der Waals surface area contributed by atoms with Gasteiger partial charge in [-0.25, -0.2) is 4.98 Å². The van der Waals surface area contributed by atoms with Gasteiger partial charge in [0, 0.05) is 12.4 Å². The normalized spacial score (nSPS) is 11.3. The molecule has 200 valence electrons. The molecule has 2 heterocycles. The van der Waals surface area contributed by atoms with Gasteiger partial charge in [-0.15, -0.1) is 0 Å². The van der Waals surface area contributed by atoms with Crippen molar-refractivity contribution in [1.82, 2.24) is 9.97 Å². The quantitative estimate of drug-likeness (QED) is 0.240. The summed E-state index contributed by atoms with van der Waals surface area (Å²) < 4.78 is 81.4. The van der Waals surface area contributed by atoms with Crippen LogP contribution in [0.3, 0.4) is 0 Å². The fourth-order valence-electron chi connectivity index (χ4n) is 1.87. The molecule has 0 fully saturated rings. The third-order valence-corrected chi connectivity index (χ3v) is 4.60. The van der Waals surface area contributed by atoms with Crippen molar-refractivity contribution < 1.29 is 45.4 Å². The van der Waals surface area contributed by atoms with Crippen molar-refractivity contribution >= 4 is 46.7 Å². The van der Waals surface area contributed by atoms with Gasteiger partial charge in [-0.3, -0.25) is 14.6 Å². The zero-order valence-electron chi connectivity index (χ0n) is 18.4. The number of alkyl halides is 6. The first kappa shape index (κ1) is 33.7. The highest BCUT2D eigenvalue weighted by Gasteiger charge is 2.33. The van der Waals surface area contributed by atoms with Gasteiger partial charge in [0.1, 0.15) is 11.6 Å². The number of pyridine rings is 2. The second kappa shape index (κ2) is 15.0. The minimum absolute atomic E-state index is 0.135. The van der Waals surface area contributed by atoms with Gasteiger partial charge >= 0.3 is 24.3 Å². The first-order valence-corrected chi connectivity index (χ1v) is 10.2. The molecule has 1 unspecified atom stereocenters. The van der Waals surface area contributed by atoms with Crippen molar-refractivity contribution in [3.63, 3.8) is 0 Å². The highest BCUT2D eigenvalue weighted by Crippen LogP contribution is 2.33. The van der Waals surface area contributed by atoms with E-state index in [0.717, 1.165) is 13.2 Å². The van der Waals surface area contributed by atoms with Crippen LogP contribution in [0.4, 0.5) is 26.3 Å². The second-order valence-electron chi connectivity index (χ2n) is 6.08. The molecular weight excluding hydrogens is 581 g/mol. The summed E-state index contributed by atoms with van der Waals surface area (Å²) in [6.45, 7) is 0. The number of nitrogens with zero attached hydrogens (tertiary/aromatic N) is 4. The Morgan fingerprint density at radius 3 is 1.73 bits per heavy atom. The van der Waals surface area contributed by atoms with Gasteiger partial charge in [-0.05, 0) is 12.1 Å². The maximum Gasteiger partial charge on any atom is 0.417 e. The van der Waals surface area contributed by atoms with Crippen molar-refractivity contribution in [2.75, 3.05) is 14.2 Å². The Kier molecular flexibility index (Phi) is 13.7. The van der Waals surface area contributed by atoms with E-state index in [1.165, 1.54) is 7.11 Å². The van der Waals surface area contributed by atoms with Gasteiger partial charge in [-0.2, -0.15) is 36.9 Å². The van der Waals surface area contributed by atoms with Crippen LogP contribution in [0, 0.1) is 22.7 Å². The van der Waals surface area contributed by atoms with E-state index in [4.69, 9.17) is 45.3 Å². The summed E-state index contributed by atoms with van der Waals surface area (Å²) in [7, 11) is 2.30. The van der Waals surface area contributed by atoms with Gasteiger partial charge in [0.2, 0.25) is 0 Å². The maximum atomic E-state index is 12.4. The Balaban J connectivity index is 0.000000586. The number of hydrogen-bond donors (Lipinski definition) is 0. The lowest BCUT2D eigenvalue weighted by atomic mass is 10.1. The molecule has 0 bridgehead atoms. The molecule has 0 spiro atoms. The number of carbonyl (C=O) groups is 2. The minimum Gasteiger partial charge on any atom is -0.468 e. The van der Waals surface area contributed by atoms with E-state index in [-0.39, 0.29) is 22.3 Å². The predicted octanol–water partition coefficient (Wildman–Crippen LogP) is 6.01. The molecule has 0 aromatic carbocycles. The van der Waals surface area contributed by atoms with Crippen molar-refractivity contribution in [2.45, 2.75) is 24.7 Å². The van der Waals surface area contributed by atoms with Crippen LogP contribution in [-0.4, -0.2) is 36.1 Å². The highest BCUT2D eigenvalue weighted by molar-refractivity contribution is 6.41. The molecule has 2 aromatic heterocycles. The summed E-state index contributed by atoms with van der Waals surface area (Å²) in [6, 6.07) is 4.55. The lowest BCUT2D eigenvalue weighted by Crippen LogP contribution is -2.15. The molecular formula is C20H13Cl3F6N4O4. The summed E-state index contributed by atoms with van der Waals surface area (Å²) in [5.74, 6) is -2.88. The topological polar surface area (TPSA) is 126 Å². The molecule has 0 aliphatic heterocycles. The molecule has 0 saturated heterocycles. The lowest BCUT2D eigenvalue weighted by Gasteiger charge is -2.11. The van der Waals surface area contributed by atoms with Crippen LogP contribution in [0.15, 0.2) is 24.5 Å². The third kappa shape index (κ3) is 11.5. The van der Waals surface area contributed by atoms with Crippen LogP contribution in [0.1, 0.15) is 29.2 Å².